The highest BCUT2D eigenvalue weighted by Crippen LogP contribution is 2.26. The lowest BCUT2D eigenvalue weighted by Gasteiger charge is -2.37. The summed E-state index contributed by atoms with van der Waals surface area (Å²) in [4.78, 5) is 26.1. The van der Waals surface area contributed by atoms with Gasteiger partial charge in [-0.25, -0.2) is 4.79 Å². The van der Waals surface area contributed by atoms with Crippen molar-refractivity contribution >= 4 is 22.8 Å². The molecule has 8 heteroatoms. The number of aliphatic hydroxyl groups excluding tert-OH is 1. The number of carbonyl (C=O) groups excluding carboxylic acids is 1. The Morgan fingerprint density at radius 1 is 1.24 bits per heavy atom. The fourth-order valence-electron chi connectivity index (χ4n) is 3.42. The van der Waals surface area contributed by atoms with E-state index in [1.165, 1.54) is 0 Å². The Morgan fingerprint density at radius 2 is 2.03 bits per heavy atom. The van der Waals surface area contributed by atoms with E-state index in [1.54, 1.807) is 13.1 Å². The van der Waals surface area contributed by atoms with Gasteiger partial charge in [0.05, 0.1) is 11.7 Å². The third kappa shape index (κ3) is 5.56. The molecule has 0 radical (unpaired) electrons. The number of H-pyrrole nitrogens is 1. The summed E-state index contributed by atoms with van der Waals surface area (Å²) in [6.07, 6.45) is 1.29. The van der Waals surface area contributed by atoms with Crippen molar-refractivity contribution in [1.29, 1.82) is 0 Å². The van der Waals surface area contributed by atoms with E-state index < -0.39 is 36.5 Å². The zero-order valence-corrected chi connectivity index (χ0v) is 16.4. The molecule has 1 aliphatic heterocycles. The first kappa shape index (κ1) is 21.3. The summed E-state index contributed by atoms with van der Waals surface area (Å²) in [6, 6.07) is 7.46. The molecule has 3 N–H and O–H groups in total. The maximum absolute atomic E-state index is 12.6. The number of para-hydroxylation sites is 1. The highest BCUT2D eigenvalue weighted by Gasteiger charge is 2.38. The van der Waals surface area contributed by atoms with Gasteiger partial charge in [0.1, 0.15) is 12.2 Å². The average Bonchev–Trinajstić information content (AvgIpc) is 3.12. The number of hydrogen-bond donors (Lipinski definition) is 3. The van der Waals surface area contributed by atoms with Crippen molar-refractivity contribution in [3.8, 4) is 0 Å². The summed E-state index contributed by atoms with van der Waals surface area (Å²) in [5.41, 5.74) is 1.30. The molecule has 1 aliphatic rings. The topological polar surface area (TPSA) is 118 Å². The molecule has 8 nitrogen and oxygen atoms in total. The van der Waals surface area contributed by atoms with Crippen LogP contribution in [-0.4, -0.2) is 58.3 Å². The number of aromatic nitrogens is 1. The molecule has 29 heavy (non-hydrogen) atoms. The molecule has 1 aromatic heterocycles. The maximum atomic E-state index is 12.6. The van der Waals surface area contributed by atoms with E-state index >= 15 is 0 Å². The average molecular weight is 405 g/mol. The molecule has 1 fully saturated rings. The van der Waals surface area contributed by atoms with Crippen molar-refractivity contribution in [2.75, 3.05) is 6.61 Å². The molecule has 2 heterocycles. The molecule has 0 saturated carbocycles. The van der Waals surface area contributed by atoms with Crippen LogP contribution in [0.5, 0.6) is 0 Å². The van der Waals surface area contributed by atoms with Crippen LogP contribution in [0.1, 0.15) is 49.4 Å². The molecule has 0 aliphatic carbocycles. The summed E-state index contributed by atoms with van der Waals surface area (Å²) in [5.74, 6) is -1.27. The van der Waals surface area contributed by atoms with Crippen LogP contribution >= 0.6 is 0 Å². The van der Waals surface area contributed by atoms with Crippen LogP contribution < -0.4 is 0 Å². The molecule has 158 valence electrons. The summed E-state index contributed by atoms with van der Waals surface area (Å²) < 4.78 is 16.9. The number of ether oxygens (including phenoxy) is 3. The zero-order valence-electron chi connectivity index (χ0n) is 16.4. The van der Waals surface area contributed by atoms with E-state index in [1.807, 2.05) is 24.3 Å². The van der Waals surface area contributed by atoms with E-state index in [9.17, 15) is 14.7 Å². The van der Waals surface area contributed by atoms with Crippen LogP contribution in [0.2, 0.25) is 0 Å². The lowest BCUT2D eigenvalue weighted by molar-refractivity contribution is -0.260. The van der Waals surface area contributed by atoms with Crippen molar-refractivity contribution in [3.05, 3.63) is 36.0 Å². The van der Waals surface area contributed by atoms with E-state index in [4.69, 9.17) is 19.3 Å². The van der Waals surface area contributed by atoms with Crippen molar-refractivity contribution < 1.29 is 34.0 Å². The first-order chi connectivity index (χ1) is 14.0. The Morgan fingerprint density at radius 3 is 2.83 bits per heavy atom. The molecule has 4 atom stereocenters. The Balaban J connectivity index is 1.47. The number of aromatic amines is 1. The Bertz CT molecular complexity index is 833. The molecule has 0 spiro atoms. The Kier molecular flexibility index (Phi) is 7.24. The molecule has 3 rings (SSSR count). The van der Waals surface area contributed by atoms with Gasteiger partial charge in [-0.1, -0.05) is 24.6 Å². The minimum atomic E-state index is -0.911. The standard InChI is InChI=1S/C21H27NO7/c1-13-18(29-20(26)15-12-22-16-8-5-4-7-14(15)16)11-17(23)21(28-13)27-10-6-2-3-9-19(24)25/h4-5,7-8,12-13,17-18,21-23H,2-3,6,9-11H2,1H3,(H,24,25)/t13?,17?,18-,21-/m1/s1. The second-order valence-corrected chi connectivity index (χ2v) is 7.28. The van der Waals surface area contributed by atoms with Gasteiger partial charge in [0.25, 0.3) is 0 Å². The van der Waals surface area contributed by atoms with Crippen LogP contribution in [-0.2, 0) is 19.0 Å². The highest BCUT2D eigenvalue weighted by atomic mass is 16.7. The van der Waals surface area contributed by atoms with Crippen LogP contribution in [0.3, 0.4) is 0 Å². The van der Waals surface area contributed by atoms with E-state index in [0.29, 0.717) is 25.0 Å². The molecule has 2 unspecified atom stereocenters. The lowest BCUT2D eigenvalue weighted by Crippen LogP contribution is -2.48. The first-order valence-corrected chi connectivity index (χ1v) is 9.89. The van der Waals surface area contributed by atoms with Gasteiger partial charge in [-0.3, -0.25) is 4.79 Å². The molecule has 1 aromatic carbocycles. The van der Waals surface area contributed by atoms with Gasteiger partial charge in [-0.15, -0.1) is 0 Å². The minimum Gasteiger partial charge on any atom is -0.481 e. The monoisotopic (exact) mass is 405 g/mol. The van der Waals surface area contributed by atoms with Gasteiger partial charge >= 0.3 is 11.9 Å². The second kappa shape index (κ2) is 9.87. The van der Waals surface area contributed by atoms with Gasteiger partial charge < -0.3 is 29.4 Å². The van der Waals surface area contributed by atoms with Gasteiger partial charge in [-0.05, 0) is 25.8 Å². The van der Waals surface area contributed by atoms with E-state index in [0.717, 1.165) is 17.3 Å². The number of benzene rings is 1. The predicted molar refractivity (Wildman–Crippen MR) is 105 cm³/mol. The van der Waals surface area contributed by atoms with Crippen LogP contribution in [0.15, 0.2) is 30.5 Å². The smallest absolute Gasteiger partial charge is 0.340 e. The summed E-state index contributed by atoms with van der Waals surface area (Å²) in [5, 5.41) is 19.7. The summed E-state index contributed by atoms with van der Waals surface area (Å²) in [6.45, 7) is 2.15. The molecule has 1 saturated heterocycles. The highest BCUT2D eigenvalue weighted by molar-refractivity contribution is 6.04. The minimum absolute atomic E-state index is 0.142. The van der Waals surface area contributed by atoms with Crippen molar-refractivity contribution in [3.63, 3.8) is 0 Å². The molecule has 2 aromatic rings. The molecular weight excluding hydrogens is 378 g/mol. The van der Waals surface area contributed by atoms with Crippen LogP contribution in [0.4, 0.5) is 0 Å². The number of rotatable bonds is 9. The van der Waals surface area contributed by atoms with Gasteiger partial charge in [0.15, 0.2) is 6.29 Å². The number of aliphatic carboxylic acids is 1. The number of carbonyl (C=O) groups is 2. The first-order valence-electron chi connectivity index (χ1n) is 9.89. The number of nitrogens with one attached hydrogen (secondary N) is 1. The van der Waals surface area contributed by atoms with Crippen molar-refractivity contribution in [2.45, 2.75) is 63.6 Å². The van der Waals surface area contributed by atoms with Crippen LogP contribution in [0.25, 0.3) is 10.9 Å². The maximum Gasteiger partial charge on any atom is 0.340 e. The van der Waals surface area contributed by atoms with Crippen molar-refractivity contribution in [1.82, 2.24) is 4.98 Å². The quantitative estimate of drug-likeness (QED) is 0.434. The second-order valence-electron chi connectivity index (χ2n) is 7.28. The molecule has 0 bridgehead atoms. The third-order valence-electron chi connectivity index (χ3n) is 5.04. The number of hydrogen-bond acceptors (Lipinski definition) is 6. The summed E-state index contributed by atoms with van der Waals surface area (Å²) >= 11 is 0. The number of carboxylic acid groups (broad SMARTS) is 1. The van der Waals surface area contributed by atoms with Gasteiger partial charge in [0, 0.05) is 36.5 Å². The van der Waals surface area contributed by atoms with Gasteiger partial charge in [0.2, 0.25) is 0 Å². The lowest BCUT2D eigenvalue weighted by atomic mass is 10.0. The summed E-state index contributed by atoms with van der Waals surface area (Å²) in [7, 11) is 0. The van der Waals surface area contributed by atoms with Crippen molar-refractivity contribution in [2.24, 2.45) is 0 Å². The number of fused-ring (bicyclic) bond motifs is 1. The van der Waals surface area contributed by atoms with Crippen LogP contribution in [0, 0.1) is 0 Å². The molecular formula is C21H27NO7. The number of esters is 1. The van der Waals surface area contributed by atoms with Gasteiger partial charge in [-0.2, -0.15) is 0 Å². The normalized spacial score (nSPS) is 24.5. The Labute approximate surface area is 168 Å². The number of unbranched alkanes of at least 4 members (excludes halogenated alkanes) is 2. The molecule has 0 amide bonds. The SMILES string of the molecule is CC1O[C@@H](OCCCCCC(=O)O)C(O)C[C@H]1OC(=O)c1c[nH]c2ccccc12. The fraction of sp³-hybridized carbons (Fsp3) is 0.524. The number of aliphatic hydroxyl groups is 1. The number of carboxylic acids is 1. The van der Waals surface area contributed by atoms with E-state index in [-0.39, 0.29) is 12.8 Å². The third-order valence-corrected chi connectivity index (χ3v) is 5.04. The Hall–Kier alpha value is -2.42. The van der Waals surface area contributed by atoms with E-state index in [2.05, 4.69) is 4.98 Å². The zero-order chi connectivity index (χ0) is 20.8. The fourth-order valence-corrected chi connectivity index (χ4v) is 3.42. The predicted octanol–water partition coefficient (Wildman–Crippen LogP) is 2.85. The largest absolute Gasteiger partial charge is 0.481 e.